The monoisotopic (exact) mass is 736 g/mol. The third-order valence-electron chi connectivity index (χ3n) is 8.52. The zero-order valence-electron chi connectivity index (χ0n) is 27.4. The fraction of sp³-hybridized carbons (Fsp3) is 0.412. The van der Waals surface area contributed by atoms with Crippen LogP contribution >= 0.6 is 11.6 Å². The van der Waals surface area contributed by atoms with E-state index in [0.29, 0.717) is 21.9 Å². The van der Waals surface area contributed by atoms with Gasteiger partial charge >= 0.3 is 6.18 Å². The summed E-state index contributed by atoms with van der Waals surface area (Å²) >= 11 is 6.16. The number of carbonyl (C=O) groups is 4. The van der Waals surface area contributed by atoms with Gasteiger partial charge in [0.2, 0.25) is 11.7 Å². The van der Waals surface area contributed by atoms with E-state index in [0.717, 1.165) is 4.90 Å². The van der Waals surface area contributed by atoms with Crippen LogP contribution in [0.5, 0.6) is 5.75 Å². The lowest BCUT2D eigenvalue weighted by molar-refractivity contribution is -0.177. The third kappa shape index (κ3) is 9.65. The normalized spacial score (nSPS) is 17.6. The maximum atomic E-state index is 14.4. The van der Waals surface area contributed by atoms with Crippen LogP contribution in [0.4, 0.5) is 13.2 Å². The lowest BCUT2D eigenvalue weighted by atomic mass is 9.85. The molecule has 0 radical (unpaired) electrons. The van der Waals surface area contributed by atoms with Gasteiger partial charge in [0.05, 0.1) is 30.4 Å². The maximum absolute atomic E-state index is 14.4. The van der Waals surface area contributed by atoms with Crippen molar-refractivity contribution in [3.8, 4) is 5.75 Å². The molecule has 3 aromatic rings. The van der Waals surface area contributed by atoms with Gasteiger partial charge in [-0.15, -0.1) is 0 Å². The van der Waals surface area contributed by atoms with Gasteiger partial charge < -0.3 is 15.0 Å². The highest BCUT2D eigenvalue weighted by Crippen LogP contribution is 2.33. The van der Waals surface area contributed by atoms with Crippen LogP contribution in [0.3, 0.4) is 0 Å². The van der Waals surface area contributed by atoms with Crippen molar-refractivity contribution in [1.82, 2.24) is 20.2 Å². The van der Waals surface area contributed by atoms with E-state index < -0.39 is 93.7 Å². The Morgan fingerprint density at radius 1 is 1.06 bits per heavy atom. The number of ketones is 2. The Balaban J connectivity index is 1.70. The predicted octanol–water partition coefficient (Wildman–Crippen LogP) is 4.43. The number of carbonyl (C=O) groups excluding carboxylic acids is 4. The van der Waals surface area contributed by atoms with Gasteiger partial charge in [-0.2, -0.15) is 13.2 Å². The molecule has 16 heteroatoms. The molecule has 11 nitrogen and oxygen atoms in total. The second-order valence-electron chi connectivity index (χ2n) is 12.4. The van der Waals surface area contributed by atoms with E-state index in [4.69, 9.17) is 16.3 Å². The summed E-state index contributed by atoms with van der Waals surface area (Å²) in [5.74, 6) is -7.25. The fourth-order valence-corrected chi connectivity index (χ4v) is 7.79. The third-order valence-corrected chi connectivity index (χ3v) is 10.9. The molecule has 0 unspecified atom stereocenters. The lowest BCUT2D eigenvalue weighted by Gasteiger charge is -2.30. The average Bonchev–Trinajstić information content (AvgIpc) is 3.53. The number of methoxy groups -OCH3 is 1. The van der Waals surface area contributed by atoms with Crippen molar-refractivity contribution in [3.05, 3.63) is 89.0 Å². The van der Waals surface area contributed by atoms with E-state index in [-0.39, 0.29) is 12.1 Å². The highest BCUT2D eigenvalue weighted by molar-refractivity contribution is 7.91. The van der Waals surface area contributed by atoms with Crippen LogP contribution < -0.4 is 10.1 Å². The van der Waals surface area contributed by atoms with Crippen LogP contribution in [0.25, 0.3) is 0 Å². The summed E-state index contributed by atoms with van der Waals surface area (Å²) in [5.41, 5.74) is 0.789. The molecule has 0 aliphatic carbocycles. The molecule has 1 aliphatic heterocycles. The number of sulfone groups is 1. The molecule has 1 N–H and O–H groups in total. The first-order valence-electron chi connectivity index (χ1n) is 15.6. The smallest absolute Gasteiger partial charge is 0.450 e. The SMILES string of the molecule is COc1ccc(CS(=O)(=O)[C@@H]2C[C@@H](C(=O)C[C@H](C(=O)C(F)(F)F)C(C)C)N(C(=O)[C@H](Cc3cccc(Cl)c3)NC(=O)c3cnccn3)C2)cc1. The number of aromatic nitrogens is 2. The Morgan fingerprint density at radius 2 is 1.76 bits per heavy atom. The number of Topliss-reactive ketones (excluding diaryl/α,β-unsaturated/α-hetero) is 2. The number of ether oxygens (including phenoxy) is 1. The quantitative estimate of drug-likeness (QED) is 0.253. The molecule has 0 saturated carbocycles. The van der Waals surface area contributed by atoms with Crippen molar-refractivity contribution in [3.63, 3.8) is 0 Å². The fourth-order valence-electron chi connectivity index (χ4n) is 5.82. The summed E-state index contributed by atoms with van der Waals surface area (Å²) in [6.45, 7) is 2.24. The lowest BCUT2D eigenvalue weighted by Crippen LogP contribution is -2.53. The van der Waals surface area contributed by atoms with Crippen LogP contribution in [0.15, 0.2) is 67.1 Å². The average molecular weight is 737 g/mol. The molecule has 0 spiro atoms. The number of hydrogen-bond donors (Lipinski definition) is 1. The van der Waals surface area contributed by atoms with Crippen molar-refractivity contribution < 1.29 is 45.5 Å². The minimum atomic E-state index is -5.21. The molecule has 268 valence electrons. The number of amides is 2. The predicted molar refractivity (Wildman–Crippen MR) is 177 cm³/mol. The summed E-state index contributed by atoms with van der Waals surface area (Å²) < 4.78 is 73.1. The zero-order valence-corrected chi connectivity index (χ0v) is 29.0. The number of rotatable bonds is 14. The van der Waals surface area contributed by atoms with E-state index in [1.54, 1.807) is 48.5 Å². The highest BCUT2D eigenvalue weighted by atomic mass is 35.5. The molecular formula is C34H36ClF3N4O7S. The summed E-state index contributed by atoms with van der Waals surface area (Å²) in [6.07, 6.45) is -2.87. The molecule has 2 amide bonds. The van der Waals surface area contributed by atoms with Gasteiger partial charge in [-0.25, -0.2) is 13.4 Å². The largest absolute Gasteiger partial charge is 0.497 e. The van der Waals surface area contributed by atoms with E-state index in [9.17, 15) is 40.8 Å². The summed E-state index contributed by atoms with van der Waals surface area (Å²) in [4.78, 5) is 62.5. The van der Waals surface area contributed by atoms with Crippen LogP contribution in [-0.2, 0) is 36.4 Å². The molecule has 2 heterocycles. The van der Waals surface area contributed by atoms with Gasteiger partial charge in [-0.05, 0) is 47.7 Å². The Hall–Kier alpha value is -4.37. The summed E-state index contributed by atoms with van der Waals surface area (Å²) in [6, 6.07) is 9.78. The molecular weight excluding hydrogens is 701 g/mol. The van der Waals surface area contributed by atoms with E-state index in [1.165, 1.54) is 39.5 Å². The van der Waals surface area contributed by atoms with Gasteiger partial charge in [-0.3, -0.25) is 24.2 Å². The van der Waals surface area contributed by atoms with Crippen molar-refractivity contribution in [2.75, 3.05) is 13.7 Å². The van der Waals surface area contributed by atoms with E-state index >= 15 is 0 Å². The minimum absolute atomic E-state index is 0.129. The Labute approximate surface area is 292 Å². The van der Waals surface area contributed by atoms with Crippen molar-refractivity contribution in [2.45, 2.75) is 62.4 Å². The number of likely N-dealkylation sites (tertiary alicyclic amines) is 1. The molecule has 1 fully saturated rings. The Bertz CT molecular complexity index is 1810. The van der Waals surface area contributed by atoms with Crippen LogP contribution in [0.2, 0.25) is 5.02 Å². The highest BCUT2D eigenvalue weighted by Gasteiger charge is 2.49. The number of halogens is 4. The van der Waals surface area contributed by atoms with Crippen molar-refractivity contribution in [1.29, 1.82) is 0 Å². The molecule has 50 heavy (non-hydrogen) atoms. The summed E-state index contributed by atoms with van der Waals surface area (Å²) in [7, 11) is -2.61. The number of hydrogen-bond acceptors (Lipinski definition) is 9. The number of benzene rings is 2. The van der Waals surface area contributed by atoms with Gasteiger partial charge in [0, 0.05) is 42.7 Å². The van der Waals surface area contributed by atoms with Crippen LogP contribution in [0.1, 0.15) is 48.3 Å². The number of nitrogens with one attached hydrogen (secondary N) is 1. The van der Waals surface area contributed by atoms with Gasteiger partial charge in [0.1, 0.15) is 17.5 Å². The van der Waals surface area contributed by atoms with Gasteiger partial charge in [-0.1, -0.05) is 49.7 Å². The first-order valence-corrected chi connectivity index (χ1v) is 17.7. The van der Waals surface area contributed by atoms with E-state index in [2.05, 4.69) is 15.3 Å². The zero-order chi connectivity index (χ0) is 36.8. The van der Waals surface area contributed by atoms with Crippen molar-refractivity contribution >= 4 is 44.8 Å². The first-order chi connectivity index (χ1) is 23.5. The van der Waals surface area contributed by atoms with E-state index in [1.807, 2.05) is 0 Å². The Kier molecular flexibility index (Phi) is 12.4. The maximum Gasteiger partial charge on any atom is 0.450 e. The molecule has 1 aromatic heterocycles. The summed E-state index contributed by atoms with van der Waals surface area (Å²) in [5, 5.41) is 1.63. The number of alkyl halides is 3. The van der Waals surface area contributed by atoms with Gasteiger partial charge in [0.15, 0.2) is 15.6 Å². The molecule has 4 rings (SSSR count). The standard InChI is InChI=1S/C34H36ClF3N4O7S/c1-20(2)26(31(44)34(36,37)38)16-30(43)29-15-25(50(47,48)19-21-7-9-24(49-3)10-8-21)18-42(29)33(46)27(14-22-5-4-6-23(35)13-22)41-32(45)28-17-39-11-12-40-28/h4-13,17,20,25-27,29H,14-16,18-19H2,1-3H3,(H,41,45)/t25-,26+,27+,29+/m1/s1. The van der Waals surface area contributed by atoms with Crippen LogP contribution in [-0.4, -0.2) is 83.8 Å². The second-order valence-corrected chi connectivity index (χ2v) is 15.1. The van der Waals surface area contributed by atoms with Crippen molar-refractivity contribution in [2.24, 2.45) is 11.8 Å². The second kappa shape index (κ2) is 16.1. The first kappa shape index (κ1) is 38.4. The minimum Gasteiger partial charge on any atom is -0.497 e. The molecule has 0 bridgehead atoms. The number of nitrogens with zero attached hydrogens (tertiary/aromatic N) is 3. The molecule has 4 atom stereocenters. The molecule has 1 saturated heterocycles. The van der Waals surface area contributed by atoms with Crippen LogP contribution in [0, 0.1) is 11.8 Å². The molecule has 1 aliphatic rings. The molecule has 2 aromatic carbocycles. The Morgan fingerprint density at radius 3 is 2.34 bits per heavy atom. The van der Waals surface area contributed by atoms with Gasteiger partial charge in [0.25, 0.3) is 5.91 Å². The topological polar surface area (TPSA) is 153 Å².